The van der Waals surface area contributed by atoms with Crippen LogP contribution in [0.5, 0.6) is 0 Å². The second-order valence-corrected chi connectivity index (χ2v) is 5.94. The summed E-state index contributed by atoms with van der Waals surface area (Å²) in [5.41, 5.74) is -1.18. The van der Waals surface area contributed by atoms with Crippen LogP contribution >= 0.6 is 0 Å². The van der Waals surface area contributed by atoms with Crippen LogP contribution in [0.2, 0.25) is 0 Å². The second-order valence-electron chi connectivity index (χ2n) is 5.94. The zero-order valence-electron chi connectivity index (χ0n) is 13.5. The fraction of sp³-hybridized carbons (Fsp3) is 0.800. The van der Waals surface area contributed by atoms with E-state index < -0.39 is 17.6 Å². The molecule has 0 aromatic carbocycles. The molecular formula is C15H26N2O4. The Morgan fingerprint density at radius 1 is 1.33 bits per heavy atom. The number of hydrogen-bond donors (Lipinski definition) is 1. The summed E-state index contributed by atoms with van der Waals surface area (Å²) >= 11 is 0. The molecule has 6 heteroatoms. The van der Waals surface area contributed by atoms with Gasteiger partial charge < -0.3 is 5.11 Å². The minimum absolute atomic E-state index is 0.0693. The molecule has 1 N–H and O–H groups in total. The number of hydrogen-bond acceptors (Lipinski definition) is 4. The second kappa shape index (κ2) is 6.56. The van der Waals surface area contributed by atoms with Crippen molar-refractivity contribution in [3.8, 4) is 0 Å². The normalized spacial score (nSPS) is 20.0. The van der Waals surface area contributed by atoms with Crippen LogP contribution in [0.3, 0.4) is 0 Å². The van der Waals surface area contributed by atoms with Crippen molar-refractivity contribution in [3.05, 3.63) is 0 Å². The van der Waals surface area contributed by atoms with E-state index in [4.69, 9.17) is 0 Å². The Balaban J connectivity index is 3.07. The summed E-state index contributed by atoms with van der Waals surface area (Å²) in [7, 11) is 0. The number of nitrogens with zero attached hydrogens (tertiary/aromatic N) is 2. The Morgan fingerprint density at radius 3 is 2.24 bits per heavy atom. The Morgan fingerprint density at radius 2 is 1.86 bits per heavy atom. The van der Waals surface area contributed by atoms with Gasteiger partial charge in [-0.05, 0) is 33.2 Å². The highest BCUT2D eigenvalue weighted by Gasteiger charge is 2.49. The number of likely N-dealkylation sites (tertiary alicyclic amines) is 1. The van der Waals surface area contributed by atoms with E-state index in [2.05, 4.69) is 0 Å². The molecule has 1 atom stereocenters. The number of amides is 2. The fourth-order valence-electron chi connectivity index (χ4n) is 3.04. The fourth-order valence-corrected chi connectivity index (χ4v) is 3.04. The van der Waals surface area contributed by atoms with Gasteiger partial charge in [-0.1, -0.05) is 20.8 Å². The van der Waals surface area contributed by atoms with E-state index in [9.17, 15) is 19.5 Å². The van der Waals surface area contributed by atoms with Gasteiger partial charge >= 0.3 is 5.97 Å². The molecule has 0 saturated carbocycles. The SMILES string of the molecule is CCC(CC)N1C(=O)CC(N(CC)C(C)(C)C(=O)O)C1=O. The van der Waals surface area contributed by atoms with Crippen molar-refractivity contribution in [1.29, 1.82) is 0 Å². The van der Waals surface area contributed by atoms with Crippen LogP contribution in [0.15, 0.2) is 0 Å². The molecule has 21 heavy (non-hydrogen) atoms. The Labute approximate surface area is 126 Å². The van der Waals surface area contributed by atoms with Gasteiger partial charge in [0.1, 0.15) is 5.54 Å². The van der Waals surface area contributed by atoms with Crippen molar-refractivity contribution in [2.45, 2.75) is 71.5 Å². The number of imide groups is 1. The highest BCUT2D eigenvalue weighted by atomic mass is 16.4. The average Bonchev–Trinajstić information content (AvgIpc) is 2.69. The maximum Gasteiger partial charge on any atom is 0.323 e. The zero-order chi connectivity index (χ0) is 16.4. The number of carboxylic acid groups (broad SMARTS) is 1. The summed E-state index contributed by atoms with van der Waals surface area (Å²) in [5.74, 6) is -1.45. The van der Waals surface area contributed by atoms with E-state index in [1.807, 2.05) is 20.8 Å². The van der Waals surface area contributed by atoms with Gasteiger partial charge in [0.15, 0.2) is 0 Å². The molecule has 2 amide bonds. The first-order chi connectivity index (χ1) is 9.72. The summed E-state index contributed by atoms with van der Waals surface area (Å²) in [6, 6.07) is -0.768. The molecule has 0 aliphatic carbocycles. The number of rotatable bonds is 7. The van der Waals surface area contributed by atoms with Crippen molar-refractivity contribution < 1.29 is 19.5 Å². The van der Waals surface area contributed by atoms with Crippen molar-refractivity contribution in [2.24, 2.45) is 0 Å². The van der Waals surface area contributed by atoms with Gasteiger partial charge in [0.2, 0.25) is 11.8 Å². The minimum atomic E-state index is -1.18. The quantitative estimate of drug-likeness (QED) is 0.720. The third kappa shape index (κ3) is 3.10. The standard InChI is InChI=1S/C15H26N2O4/c1-6-10(7-2)17-12(18)9-11(13(17)19)16(8-3)15(4,5)14(20)21/h10-11H,6-9H2,1-5H3,(H,20,21). The predicted octanol–water partition coefficient (Wildman–Crippen LogP) is 1.49. The number of carbonyl (C=O) groups is 3. The van der Waals surface area contributed by atoms with E-state index in [0.717, 1.165) is 12.8 Å². The van der Waals surface area contributed by atoms with Gasteiger partial charge in [-0.25, -0.2) is 0 Å². The summed E-state index contributed by atoms with van der Waals surface area (Å²) < 4.78 is 0. The molecule has 0 spiro atoms. The molecule has 0 aromatic rings. The van der Waals surface area contributed by atoms with Crippen molar-refractivity contribution in [1.82, 2.24) is 9.80 Å². The van der Waals surface area contributed by atoms with Crippen LogP contribution in [0.4, 0.5) is 0 Å². The Hall–Kier alpha value is -1.43. The van der Waals surface area contributed by atoms with Crippen molar-refractivity contribution >= 4 is 17.8 Å². The molecule has 1 heterocycles. The molecule has 6 nitrogen and oxygen atoms in total. The Bertz CT molecular complexity index is 429. The monoisotopic (exact) mass is 298 g/mol. The van der Waals surface area contributed by atoms with Crippen LogP contribution in [-0.2, 0) is 14.4 Å². The molecule has 1 saturated heterocycles. The summed E-state index contributed by atoms with van der Waals surface area (Å²) in [6.45, 7) is 9.23. The lowest BCUT2D eigenvalue weighted by Crippen LogP contribution is -2.57. The summed E-state index contributed by atoms with van der Waals surface area (Å²) in [6.07, 6.45) is 1.50. The summed E-state index contributed by atoms with van der Waals surface area (Å²) in [5, 5.41) is 9.37. The van der Waals surface area contributed by atoms with Gasteiger partial charge in [0, 0.05) is 6.04 Å². The number of likely N-dealkylation sites (N-methyl/N-ethyl adjacent to an activating group) is 1. The third-order valence-electron chi connectivity index (χ3n) is 4.43. The van der Waals surface area contributed by atoms with Crippen LogP contribution in [0.1, 0.15) is 53.9 Å². The smallest absolute Gasteiger partial charge is 0.323 e. The zero-order valence-corrected chi connectivity index (χ0v) is 13.5. The van der Waals surface area contributed by atoms with E-state index in [1.165, 1.54) is 4.90 Å². The largest absolute Gasteiger partial charge is 0.480 e. The van der Waals surface area contributed by atoms with Gasteiger partial charge in [-0.3, -0.25) is 24.2 Å². The lowest BCUT2D eigenvalue weighted by Gasteiger charge is -2.37. The third-order valence-corrected chi connectivity index (χ3v) is 4.43. The minimum Gasteiger partial charge on any atom is -0.480 e. The highest BCUT2D eigenvalue weighted by Crippen LogP contribution is 2.28. The van der Waals surface area contributed by atoms with Crippen LogP contribution < -0.4 is 0 Å². The van der Waals surface area contributed by atoms with Crippen molar-refractivity contribution in [2.75, 3.05) is 6.54 Å². The first-order valence-electron chi connectivity index (χ1n) is 7.58. The highest BCUT2D eigenvalue weighted by molar-refractivity contribution is 6.06. The maximum absolute atomic E-state index is 12.6. The molecular weight excluding hydrogens is 272 g/mol. The van der Waals surface area contributed by atoms with Crippen LogP contribution in [-0.4, -0.2) is 56.9 Å². The lowest BCUT2D eigenvalue weighted by molar-refractivity contribution is -0.153. The van der Waals surface area contributed by atoms with E-state index in [-0.39, 0.29) is 24.3 Å². The molecule has 1 unspecified atom stereocenters. The van der Waals surface area contributed by atoms with Gasteiger partial charge in [0.25, 0.3) is 0 Å². The molecule has 1 aliphatic rings. The molecule has 0 aromatic heterocycles. The number of aliphatic carboxylic acids is 1. The molecule has 0 radical (unpaired) electrons. The van der Waals surface area contributed by atoms with Crippen molar-refractivity contribution in [3.63, 3.8) is 0 Å². The van der Waals surface area contributed by atoms with E-state index in [0.29, 0.717) is 6.54 Å². The molecule has 120 valence electrons. The molecule has 1 aliphatic heterocycles. The Kier molecular flexibility index (Phi) is 5.50. The van der Waals surface area contributed by atoms with Gasteiger partial charge in [-0.15, -0.1) is 0 Å². The molecule has 1 fully saturated rings. The van der Waals surface area contributed by atoms with Gasteiger partial charge in [0.05, 0.1) is 12.5 Å². The van der Waals surface area contributed by atoms with E-state index >= 15 is 0 Å². The molecule has 1 rings (SSSR count). The van der Waals surface area contributed by atoms with E-state index in [1.54, 1.807) is 18.7 Å². The number of carbonyl (C=O) groups excluding carboxylic acids is 2. The molecule has 0 bridgehead atoms. The topological polar surface area (TPSA) is 77.9 Å². The average molecular weight is 298 g/mol. The van der Waals surface area contributed by atoms with Gasteiger partial charge in [-0.2, -0.15) is 0 Å². The lowest BCUT2D eigenvalue weighted by atomic mass is 9.99. The van der Waals surface area contributed by atoms with Crippen LogP contribution in [0, 0.1) is 0 Å². The maximum atomic E-state index is 12.6. The first kappa shape index (κ1) is 17.6. The predicted molar refractivity (Wildman–Crippen MR) is 78.7 cm³/mol. The first-order valence-corrected chi connectivity index (χ1v) is 7.58. The number of carboxylic acids is 1. The van der Waals surface area contributed by atoms with Crippen LogP contribution in [0.25, 0.3) is 0 Å². The summed E-state index contributed by atoms with van der Waals surface area (Å²) in [4.78, 5) is 39.2.